The molecule has 3 rings (SSSR count). The number of methoxy groups -OCH3 is 2. The van der Waals surface area contributed by atoms with Crippen molar-refractivity contribution in [1.29, 1.82) is 0 Å². The maximum atomic E-state index is 13.5. The number of aryl methyl sites for hydroxylation is 1. The first kappa shape index (κ1) is 26.8. The van der Waals surface area contributed by atoms with Crippen LogP contribution in [-0.2, 0) is 17.8 Å². The Hall–Kier alpha value is -3.78. The van der Waals surface area contributed by atoms with E-state index in [0.29, 0.717) is 36.7 Å². The van der Waals surface area contributed by atoms with E-state index >= 15 is 0 Å². The van der Waals surface area contributed by atoms with Gasteiger partial charge in [-0.05, 0) is 60.2 Å². The lowest BCUT2D eigenvalue weighted by molar-refractivity contribution is -0.132. The minimum atomic E-state index is -0.346. The summed E-state index contributed by atoms with van der Waals surface area (Å²) in [5.74, 6) is 1.18. The number of nitrogens with one attached hydrogen (secondary N) is 1. The fourth-order valence-electron chi connectivity index (χ4n) is 3.69. The molecule has 0 bridgehead atoms. The van der Waals surface area contributed by atoms with Crippen LogP contribution < -0.4 is 14.8 Å². The number of nitrogens with zero attached hydrogens (tertiary/aromatic N) is 2. The fraction of sp³-hybridized carbons (Fsp3) is 0.286. The van der Waals surface area contributed by atoms with Crippen molar-refractivity contribution in [3.63, 3.8) is 0 Å². The lowest BCUT2D eigenvalue weighted by atomic mass is 10.1. The molecule has 1 N–H and O–H groups in total. The van der Waals surface area contributed by atoms with Crippen molar-refractivity contribution in [3.8, 4) is 11.5 Å². The van der Waals surface area contributed by atoms with E-state index in [1.54, 1.807) is 48.7 Å². The molecule has 0 unspecified atom stereocenters. The molecule has 0 saturated carbocycles. The highest BCUT2D eigenvalue weighted by Crippen LogP contribution is 2.28. The molecule has 1 aromatic heterocycles. The lowest BCUT2D eigenvalue weighted by Crippen LogP contribution is -2.44. The molecule has 7 nitrogen and oxygen atoms in total. The number of urea groups is 1. The van der Waals surface area contributed by atoms with Crippen LogP contribution in [0.2, 0.25) is 0 Å². The highest BCUT2D eigenvalue weighted by atomic mass is 32.1. The Labute approximate surface area is 216 Å². The first-order valence-electron chi connectivity index (χ1n) is 11.7. The van der Waals surface area contributed by atoms with Gasteiger partial charge in [0.2, 0.25) is 5.91 Å². The molecule has 0 spiro atoms. The first-order valence-corrected chi connectivity index (χ1v) is 12.6. The van der Waals surface area contributed by atoms with Crippen molar-refractivity contribution in [2.24, 2.45) is 0 Å². The monoisotopic (exact) mass is 507 g/mol. The Kier molecular flexibility index (Phi) is 9.94. The molecular formula is C28H33N3O4S. The van der Waals surface area contributed by atoms with Gasteiger partial charge in [-0.1, -0.05) is 30.3 Å². The number of amides is 3. The van der Waals surface area contributed by atoms with Gasteiger partial charge in [0.15, 0.2) is 11.5 Å². The highest BCUT2D eigenvalue weighted by molar-refractivity contribution is 7.10. The van der Waals surface area contributed by atoms with Gasteiger partial charge in [0, 0.05) is 23.7 Å². The van der Waals surface area contributed by atoms with E-state index < -0.39 is 0 Å². The minimum Gasteiger partial charge on any atom is -0.493 e. The molecule has 0 radical (unpaired) electrons. The molecule has 8 heteroatoms. The smallest absolute Gasteiger partial charge is 0.322 e. The van der Waals surface area contributed by atoms with Gasteiger partial charge in [-0.2, -0.15) is 0 Å². The Morgan fingerprint density at radius 1 is 1.03 bits per heavy atom. The number of ether oxygens (including phenoxy) is 2. The summed E-state index contributed by atoms with van der Waals surface area (Å²) < 4.78 is 10.8. The van der Waals surface area contributed by atoms with Crippen molar-refractivity contribution in [3.05, 3.63) is 88.6 Å². The highest BCUT2D eigenvalue weighted by Gasteiger charge is 2.22. The number of hydrogen-bond acceptors (Lipinski definition) is 5. The summed E-state index contributed by atoms with van der Waals surface area (Å²) in [5, 5.41) is 4.88. The second-order valence-electron chi connectivity index (χ2n) is 8.25. The molecule has 3 amide bonds. The maximum absolute atomic E-state index is 13.5. The van der Waals surface area contributed by atoms with E-state index in [0.717, 1.165) is 16.0 Å². The van der Waals surface area contributed by atoms with Crippen LogP contribution in [0.15, 0.2) is 72.6 Å². The zero-order valence-electron chi connectivity index (χ0n) is 21.0. The van der Waals surface area contributed by atoms with Crippen LogP contribution in [0, 0.1) is 6.92 Å². The third kappa shape index (κ3) is 7.36. The van der Waals surface area contributed by atoms with Gasteiger partial charge in [-0.3, -0.25) is 4.79 Å². The fourth-order valence-corrected chi connectivity index (χ4v) is 4.61. The van der Waals surface area contributed by atoms with Crippen LogP contribution in [0.3, 0.4) is 0 Å². The normalized spacial score (nSPS) is 10.4. The molecule has 0 aliphatic heterocycles. The lowest BCUT2D eigenvalue weighted by Gasteiger charge is -2.27. The molecule has 0 aliphatic carbocycles. The van der Waals surface area contributed by atoms with Gasteiger partial charge in [0.05, 0.1) is 20.8 Å². The molecule has 1 heterocycles. The molecule has 2 aromatic carbocycles. The first-order chi connectivity index (χ1) is 17.4. The topological polar surface area (TPSA) is 71.1 Å². The Morgan fingerprint density at radius 3 is 2.42 bits per heavy atom. The molecular weight excluding hydrogens is 474 g/mol. The van der Waals surface area contributed by atoms with Crippen molar-refractivity contribution in [2.45, 2.75) is 19.9 Å². The number of rotatable bonds is 12. The minimum absolute atomic E-state index is 0.0545. The van der Waals surface area contributed by atoms with Gasteiger partial charge < -0.3 is 24.6 Å². The summed E-state index contributed by atoms with van der Waals surface area (Å²) in [6.45, 7) is 6.98. The van der Waals surface area contributed by atoms with E-state index in [4.69, 9.17) is 9.47 Å². The number of carbonyl (C=O) groups is 2. The molecule has 3 aromatic rings. The third-order valence-corrected chi connectivity index (χ3v) is 6.77. The summed E-state index contributed by atoms with van der Waals surface area (Å²) in [6, 6.07) is 16.6. The summed E-state index contributed by atoms with van der Waals surface area (Å²) >= 11 is 1.63. The van der Waals surface area contributed by atoms with Crippen molar-refractivity contribution >= 4 is 29.0 Å². The maximum Gasteiger partial charge on any atom is 0.322 e. The number of carbonyl (C=O) groups excluding carboxylic acids is 2. The largest absolute Gasteiger partial charge is 0.493 e. The second-order valence-corrected chi connectivity index (χ2v) is 9.25. The zero-order valence-corrected chi connectivity index (χ0v) is 21.8. The van der Waals surface area contributed by atoms with E-state index in [1.165, 1.54) is 4.90 Å². The van der Waals surface area contributed by atoms with Gasteiger partial charge in [-0.15, -0.1) is 17.9 Å². The summed E-state index contributed by atoms with van der Waals surface area (Å²) in [5.41, 5.74) is 2.84. The predicted molar refractivity (Wildman–Crippen MR) is 145 cm³/mol. The molecule has 0 fully saturated rings. The summed E-state index contributed by atoms with van der Waals surface area (Å²) in [4.78, 5) is 30.8. The SMILES string of the molecule is C=CCN(CC(=O)N(CCc1ccc(OC)c(OC)c1)Cc1sccc1C)C(=O)Nc1ccccc1. The van der Waals surface area contributed by atoms with E-state index in [2.05, 4.69) is 11.9 Å². The van der Waals surface area contributed by atoms with Gasteiger partial charge >= 0.3 is 6.03 Å². The Balaban J connectivity index is 1.75. The molecule has 36 heavy (non-hydrogen) atoms. The third-order valence-electron chi connectivity index (χ3n) is 5.76. The number of anilines is 1. The van der Waals surface area contributed by atoms with Crippen LogP contribution in [0.4, 0.5) is 10.5 Å². The van der Waals surface area contributed by atoms with E-state index in [1.807, 2.05) is 54.8 Å². The van der Waals surface area contributed by atoms with E-state index in [-0.39, 0.29) is 25.0 Å². The predicted octanol–water partition coefficient (Wildman–Crippen LogP) is 5.37. The van der Waals surface area contributed by atoms with Crippen LogP contribution in [-0.4, -0.2) is 55.6 Å². The number of hydrogen-bond donors (Lipinski definition) is 1. The second kappa shape index (κ2) is 13.3. The molecule has 190 valence electrons. The molecule has 0 atom stereocenters. The van der Waals surface area contributed by atoms with Gasteiger partial charge in [0.25, 0.3) is 0 Å². The summed E-state index contributed by atoms with van der Waals surface area (Å²) in [7, 11) is 3.20. The van der Waals surface area contributed by atoms with Crippen LogP contribution in [0.25, 0.3) is 0 Å². The number of thiophene rings is 1. The molecule has 0 saturated heterocycles. The number of benzene rings is 2. The van der Waals surface area contributed by atoms with Crippen molar-refractivity contribution in [1.82, 2.24) is 9.80 Å². The van der Waals surface area contributed by atoms with Crippen LogP contribution in [0.5, 0.6) is 11.5 Å². The van der Waals surface area contributed by atoms with Crippen molar-refractivity contribution in [2.75, 3.05) is 39.2 Å². The zero-order chi connectivity index (χ0) is 25.9. The van der Waals surface area contributed by atoms with Gasteiger partial charge in [0.1, 0.15) is 6.54 Å². The average Bonchev–Trinajstić information content (AvgIpc) is 3.30. The standard InChI is InChI=1S/C28H33N3O4S/c1-5-15-31(28(33)29-23-9-7-6-8-10-23)20-27(32)30(19-26-21(2)14-17-36-26)16-13-22-11-12-24(34-3)25(18-22)35-4/h5-12,14,17-18H,1,13,15-16,19-20H2,2-4H3,(H,29,33). The van der Waals surface area contributed by atoms with Crippen LogP contribution >= 0.6 is 11.3 Å². The van der Waals surface area contributed by atoms with E-state index in [9.17, 15) is 9.59 Å². The summed E-state index contributed by atoms with van der Waals surface area (Å²) in [6.07, 6.45) is 2.25. The number of para-hydroxylation sites is 1. The van der Waals surface area contributed by atoms with Crippen molar-refractivity contribution < 1.29 is 19.1 Å². The Morgan fingerprint density at radius 2 is 1.78 bits per heavy atom. The Bertz CT molecular complexity index is 1160. The van der Waals surface area contributed by atoms with Gasteiger partial charge in [-0.25, -0.2) is 4.79 Å². The quantitative estimate of drug-likeness (QED) is 0.335. The average molecular weight is 508 g/mol. The van der Waals surface area contributed by atoms with Crippen LogP contribution in [0.1, 0.15) is 16.0 Å². The molecule has 0 aliphatic rings.